The largest absolute Gasteiger partial charge is 0.375 e. The van der Waals surface area contributed by atoms with Gasteiger partial charge in [0.2, 0.25) is 5.91 Å². The fourth-order valence-corrected chi connectivity index (χ4v) is 3.83. The van der Waals surface area contributed by atoms with E-state index in [0.29, 0.717) is 25.5 Å². The zero-order chi connectivity index (χ0) is 17.8. The number of carbonyl (C=O) groups excluding carboxylic acids is 1. The summed E-state index contributed by atoms with van der Waals surface area (Å²) in [5, 5.41) is 0. The summed E-state index contributed by atoms with van der Waals surface area (Å²) in [5.74, 6) is 0.501. The summed E-state index contributed by atoms with van der Waals surface area (Å²) in [4.78, 5) is 25.4. The lowest BCUT2D eigenvalue weighted by atomic mass is 10.1. The number of fused-ring (bicyclic) bond motifs is 1. The highest BCUT2D eigenvalue weighted by atomic mass is 16.5. The molecular weight excluding hydrogens is 328 g/mol. The van der Waals surface area contributed by atoms with Crippen LogP contribution in [0.4, 0.5) is 0 Å². The Labute approximate surface area is 153 Å². The van der Waals surface area contributed by atoms with Crippen LogP contribution in [0.3, 0.4) is 0 Å². The molecule has 0 radical (unpaired) electrons. The molecule has 2 aromatic rings. The van der Waals surface area contributed by atoms with E-state index in [4.69, 9.17) is 4.74 Å². The van der Waals surface area contributed by atoms with Gasteiger partial charge >= 0.3 is 0 Å². The fraction of sp³-hybridized carbons (Fsp3) is 0.450. The van der Waals surface area contributed by atoms with Crippen molar-refractivity contribution < 1.29 is 9.53 Å². The average molecular weight is 352 g/mol. The van der Waals surface area contributed by atoms with E-state index in [9.17, 15) is 4.79 Å². The summed E-state index contributed by atoms with van der Waals surface area (Å²) >= 11 is 0. The number of ether oxygens (including phenoxy) is 1. The topological polar surface area (TPSA) is 58.6 Å². The van der Waals surface area contributed by atoms with Gasteiger partial charge < -0.3 is 9.64 Å². The molecule has 2 aliphatic rings. The predicted octanol–water partition coefficient (Wildman–Crippen LogP) is 1.38. The van der Waals surface area contributed by atoms with Gasteiger partial charge in [0, 0.05) is 62.9 Å². The Morgan fingerprint density at radius 2 is 2.12 bits per heavy atom. The molecular formula is C20H24N4O2. The Hall–Kier alpha value is -2.31. The number of aromatic nitrogens is 2. The molecule has 0 unspecified atom stereocenters. The zero-order valence-corrected chi connectivity index (χ0v) is 14.8. The lowest BCUT2D eigenvalue weighted by Crippen LogP contribution is -2.34. The highest BCUT2D eigenvalue weighted by Gasteiger charge is 2.38. The van der Waals surface area contributed by atoms with Gasteiger partial charge in [-0.15, -0.1) is 0 Å². The van der Waals surface area contributed by atoms with E-state index in [0.717, 1.165) is 31.9 Å². The minimum atomic E-state index is 0.138. The molecule has 4 heterocycles. The van der Waals surface area contributed by atoms with E-state index < -0.39 is 0 Å². The maximum atomic E-state index is 12.6. The number of pyridine rings is 2. The van der Waals surface area contributed by atoms with Crippen molar-refractivity contribution in [2.75, 3.05) is 32.8 Å². The van der Waals surface area contributed by atoms with E-state index in [1.807, 2.05) is 35.4 Å². The number of hydrogen-bond donors (Lipinski definition) is 0. The van der Waals surface area contributed by atoms with Gasteiger partial charge in [0.05, 0.1) is 19.1 Å². The number of carbonyl (C=O) groups is 1. The Kier molecular flexibility index (Phi) is 5.22. The predicted molar refractivity (Wildman–Crippen MR) is 97.3 cm³/mol. The van der Waals surface area contributed by atoms with Crippen LogP contribution in [-0.4, -0.2) is 64.6 Å². The Balaban J connectivity index is 1.36. The molecule has 0 aromatic carbocycles. The SMILES string of the molecule is O=C(Cc1ccccn1)N1C[C@@H]2CN(Cc3cccnc3)CCO[C@@H]2C1. The van der Waals surface area contributed by atoms with Crippen molar-refractivity contribution in [2.45, 2.75) is 19.1 Å². The number of likely N-dealkylation sites (tertiary alicyclic amines) is 1. The van der Waals surface area contributed by atoms with E-state index in [2.05, 4.69) is 20.9 Å². The third-order valence-electron chi connectivity index (χ3n) is 5.15. The van der Waals surface area contributed by atoms with E-state index in [1.54, 1.807) is 12.4 Å². The molecule has 2 saturated heterocycles. The molecule has 0 aliphatic carbocycles. The van der Waals surface area contributed by atoms with Gasteiger partial charge in [0.1, 0.15) is 0 Å². The summed E-state index contributed by atoms with van der Waals surface area (Å²) in [5.41, 5.74) is 2.04. The van der Waals surface area contributed by atoms with Crippen molar-refractivity contribution in [3.05, 3.63) is 60.2 Å². The molecule has 2 atom stereocenters. The van der Waals surface area contributed by atoms with Crippen LogP contribution in [0, 0.1) is 5.92 Å². The van der Waals surface area contributed by atoms with Gasteiger partial charge in [0.15, 0.2) is 0 Å². The number of nitrogens with zero attached hydrogens (tertiary/aromatic N) is 4. The van der Waals surface area contributed by atoms with E-state index in [-0.39, 0.29) is 12.0 Å². The maximum absolute atomic E-state index is 12.6. The van der Waals surface area contributed by atoms with Crippen molar-refractivity contribution in [3.63, 3.8) is 0 Å². The molecule has 0 N–H and O–H groups in total. The summed E-state index contributed by atoms with van der Waals surface area (Å²) in [7, 11) is 0. The minimum absolute atomic E-state index is 0.138. The molecule has 0 bridgehead atoms. The first-order valence-electron chi connectivity index (χ1n) is 9.18. The second-order valence-corrected chi connectivity index (χ2v) is 7.06. The first-order chi connectivity index (χ1) is 12.8. The normalized spacial score (nSPS) is 23.5. The molecule has 4 rings (SSSR count). The Bertz CT molecular complexity index is 725. The smallest absolute Gasteiger partial charge is 0.228 e. The van der Waals surface area contributed by atoms with Crippen LogP contribution in [0.1, 0.15) is 11.3 Å². The van der Waals surface area contributed by atoms with Crippen LogP contribution >= 0.6 is 0 Å². The number of hydrogen-bond acceptors (Lipinski definition) is 5. The number of rotatable bonds is 4. The monoisotopic (exact) mass is 352 g/mol. The molecule has 2 aliphatic heterocycles. The highest BCUT2D eigenvalue weighted by molar-refractivity contribution is 5.78. The molecule has 1 amide bonds. The van der Waals surface area contributed by atoms with Gasteiger partial charge in [-0.3, -0.25) is 19.7 Å². The van der Waals surface area contributed by atoms with Gasteiger partial charge in [0.25, 0.3) is 0 Å². The molecule has 0 spiro atoms. The van der Waals surface area contributed by atoms with Crippen LogP contribution in [0.15, 0.2) is 48.9 Å². The lowest BCUT2D eigenvalue weighted by molar-refractivity contribution is -0.130. The van der Waals surface area contributed by atoms with Crippen molar-refractivity contribution in [1.82, 2.24) is 19.8 Å². The Morgan fingerprint density at radius 3 is 2.92 bits per heavy atom. The van der Waals surface area contributed by atoms with Gasteiger partial charge in [-0.05, 0) is 23.8 Å². The molecule has 2 aromatic heterocycles. The number of amides is 1. The van der Waals surface area contributed by atoms with Crippen LogP contribution in [0.2, 0.25) is 0 Å². The second-order valence-electron chi connectivity index (χ2n) is 7.06. The summed E-state index contributed by atoms with van der Waals surface area (Å²) in [6.45, 7) is 4.92. The molecule has 2 fully saturated rings. The zero-order valence-electron chi connectivity index (χ0n) is 14.8. The van der Waals surface area contributed by atoms with E-state index in [1.165, 1.54) is 5.56 Å². The van der Waals surface area contributed by atoms with Crippen molar-refractivity contribution in [3.8, 4) is 0 Å². The van der Waals surface area contributed by atoms with Crippen LogP contribution < -0.4 is 0 Å². The first-order valence-corrected chi connectivity index (χ1v) is 9.18. The molecule has 26 heavy (non-hydrogen) atoms. The maximum Gasteiger partial charge on any atom is 0.228 e. The Morgan fingerprint density at radius 1 is 1.15 bits per heavy atom. The summed E-state index contributed by atoms with van der Waals surface area (Å²) < 4.78 is 6.06. The molecule has 6 nitrogen and oxygen atoms in total. The first kappa shape index (κ1) is 17.1. The van der Waals surface area contributed by atoms with Gasteiger partial charge in [-0.1, -0.05) is 12.1 Å². The van der Waals surface area contributed by atoms with Crippen molar-refractivity contribution in [2.24, 2.45) is 5.92 Å². The quantitative estimate of drug-likeness (QED) is 0.832. The van der Waals surface area contributed by atoms with E-state index >= 15 is 0 Å². The van der Waals surface area contributed by atoms with Crippen molar-refractivity contribution in [1.29, 1.82) is 0 Å². The standard InChI is InChI=1S/C20H24N4O2/c25-20(10-18-5-1-2-7-22-18)24-14-17-13-23(8-9-26-19(17)15-24)12-16-4-3-6-21-11-16/h1-7,11,17,19H,8-10,12-15H2/t17-,19+/m0/s1. The third-order valence-corrected chi connectivity index (χ3v) is 5.15. The lowest BCUT2D eigenvalue weighted by Gasteiger charge is -2.23. The van der Waals surface area contributed by atoms with Crippen molar-refractivity contribution >= 4 is 5.91 Å². The van der Waals surface area contributed by atoms with Gasteiger partial charge in [-0.25, -0.2) is 0 Å². The van der Waals surface area contributed by atoms with Crippen LogP contribution in [0.25, 0.3) is 0 Å². The second kappa shape index (κ2) is 7.93. The average Bonchev–Trinajstić information content (AvgIpc) is 2.97. The minimum Gasteiger partial charge on any atom is -0.375 e. The summed E-state index contributed by atoms with van der Waals surface area (Å²) in [6.07, 6.45) is 5.95. The fourth-order valence-electron chi connectivity index (χ4n) is 3.83. The highest BCUT2D eigenvalue weighted by Crippen LogP contribution is 2.25. The molecule has 136 valence electrons. The third kappa shape index (κ3) is 4.08. The van der Waals surface area contributed by atoms with Crippen LogP contribution in [-0.2, 0) is 22.5 Å². The molecule has 0 saturated carbocycles. The molecule has 6 heteroatoms. The van der Waals surface area contributed by atoms with Gasteiger partial charge in [-0.2, -0.15) is 0 Å². The summed E-state index contributed by atoms with van der Waals surface area (Å²) in [6, 6.07) is 9.77. The van der Waals surface area contributed by atoms with Crippen LogP contribution in [0.5, 0.6) is 0 Å².